The third kappa shape index (κ3) is 5.63. The average molecular weight is 498 g/mol. The summed E-state index contributed by atoms with van der Waals surface area (Å²) >= 11 is 0. The number of piperazine rings is 1. The lowest BCUT2D eigenvalue weighted by molar-refractivity contribution is 0.0697. The van der Waals surface area contributed by atoms with Crippen molar-refractivity contribution in [2.75, 3.05) is 35.8 Å². The van der Waals surface area contributed by atoms with Gasteiger partial charge in [-0.3, -0.25) is 9.62 Å². The highest BCUT2D eigenvalue weighted by Gasteiger charge is 2.24. The molecule has 1 heterocycles. The molecular formula is C26H28FN3O4S. The minimum Gasteiger partial charge on any atom is -0.478 e. The molecule has 3 aromatic carbocycles. The number of hydrogen-bond acceptors (Lipinski definition) is 5. The molecule has 0 aromatic heterocycles. The monoisotopic (exact) mass is 497 g/mol. The Labute approximate surface area is 204 Å². The first-order valence-corrected chi connectivity index (χ1v) is 12.8. The molecule has 0 amide bonds. The molecule has 1 aliphatic heterocycles. The number of sulfonamides is 1. The minimum atomic E-state index is -3.88. The number of hydrogen-bond donors (Lipinski definition) is 2. The summed E-state index contributed by atoms with van der Waals surface area (Å²) in [6.07, 6.45) is 0. The van der Waals surface area contributed by atoms with Gasteiger partial charge < -0.3 is 10.0 Å². The van der Waals surface area contributed by atoms with Gasteiger partial charge in [-0.1, -0.05) is 30.3 Å². The van der Waals surface area contributed by atoms with Gasteiger partial charge in [0.2, 0.25) is 0 Å². The summed E-state index contributed by atoms with van der Waals surface area (Å²) in [6.45, 7) is 6.45. The molecule has 1 fully saturated rings. The first-order valence-electron chi connectivity index (χ1n) is 11.3. The van der Waals surface area contributed by atoms with Gasteiger partial charge in [0.1, 0.15) is 5.82 Å². The second kappa shape index (κ2) is 10.1. The van der Waals surface area contributed by atoms with Crippen LogP contribution in [0.4, 0.5) is 15.8 Å². The lowest BCUT2D eigenvalue weighted by Gasteiger charge is -2.36. The second-order valence-corrected chi connectivity index (χ2v) is 10.4. The van der Waals surface area contributed by atoms with E-state index in [1.807, 2.05) is 24.0 Å². The Hall–Kier alpha value is -3.43. The molecule has 1 aliphatic rings. The number of rotatable bonds is 7. The molecule has 0 unspecified atom stereocenters. The molecule has 7 nitrogen and oxygen atoms in total. The molecule has 9 heteroatoms. The summed E-state index contributed by atoms with van der Waals surface area (Å²) in [5.74, 6) is -1.37. The van der Waals surface area contributed by atoms with Crippen LogP contribution < -0.4 is 9.62 Å². The molecule has 4 rings (SSSR count). The molecule has 0 spiro atoms. The first-order chi connectivity index (χ1) is 16.6. The van der Waals surface area contributed by atoms with E-state index in [9.17, 15) is 22.7 Å². The van der Waals surface area contributed by atoms with Gasteiger partial charge in [-0.05, 0) is 55.3 Å². The van der Waals surface area contributed by atoms with Crippen molar-refractivity contribution < 1.29 is 22.7 Å². The molecule has 0 bridgehead atoms. The maximum atomic E-state index is 14.0. The van der Waals surface area contributed by atoms with E-state index >= 15 is 0 Å². The van der Waals surface area contributed by atoms with Crippen LogP contribution >= 0.6 is 0 Å². The molecule has 184 valence electrons. The van der Waals surface area contributed by atoms with Crippen molar-refractivity contribution in [1.82, 2.24) is 4.90 Å². The lowest BCUT2D eigenvalue weighted by atomic mass is 10.1. The molecule has 1 saturated heterocycles. The second-order valence-electron chi connectivity index (χ2n) is 8.77. The van der Waals surface area contributed by atoms with Gasteiger partial charge in [-0.15, -0.1) is 0 Å². The third-order valence-corrected chi connectivity index (χ3v) is 7.70. The Morgan fingerprint density at radius 1 is 1.00 bits per heavy atom. The zero-order valence-electron chi connectivity index (χ0n) is 19.7. The van der Waals surface area contributed by atoms with Crippen LogP contribution in [0.5, 0.6) is 0 Å². The van der Waals surface area contributed by atoms with E-state index in [2.05, 4.69) is 9.62 Å². The number of anilines is 2. The maximum absolute atomic E-state index is 14.0. The van der Waals surface area contributed by atoms with Crippen molar-refractivity contribution in [3.05, 3.63) is 88.7 Å². The number of aromatic carboxylic acids is 1. The zero-order valence-corrected chi connectivity index (χ0v) is 20.5. The Balaban J connectivity index is 1.50. The van der Waals surface area contributed by atoms with Crippen LogP contribution in [0.25, 0.3) is 0 Å². The summed E-state index contributed by atoms with van der Waals surface area (Å²) < 4.78 is 42.4. The van der Waals surface area contributed by atoms with Crippen LogP contribution in [0.15, 0.2) is 65.6 Å². The van der Waals surface area contributed by atoms with Crippen LogP contribution in [-0.4, -0.2) is 50.6 Å². The van der Waals surface area contributed by atoms with Gasteiger partial charge in [-0.2, -0.15) is 0 Å². The van der Waals surface area contributed by atoms with Gasteiger partial charge >= 0.3 is 5.97 Å². The largest absolute Gasteiger partial charge is 0.478 e. The maximum Gasteiger partial charge on any atom is 0.337 e. The molecule has 3 aromatic rings. The van der Waals surface area contributed by atoms with Gasteiger partial charge in [0, 0.05) is 44.0 Å². The van der Waals surface area contributed by atoms with E-state index in [1.54, 1.807) is 43.3 Å². The van der Waals surface area contributed by atoms with E-state index in [1.165, 1.54) is 12.1 Å². The normalized spacial score (nSPS) is 14.7. The number of benzene rings is 3. The highest BCUT2D eigenvalue weighted by atomic mass is 32.2. The van der Waals surface area contributed by atoms with Crippen molar-refractivity contribution in [3.8, 4) is 0 Å². The fourth-order valence-electron chi connectivity index (χ4n) is 4.27. The quantitative estimate of drug-likeness (QED) is 0.507. The van der Waals surface area contributed by atoms with Crippen molar-refractivity contribution in [3.63, 3.8) is 0 Å². The molecule has 0 aliphatic carbocycles. The highest BCUT2D eigenvalue weighted by molar-refractivity contribution is 7.92. The van der Waals surface area contributed by atoms with E-state index in [4.69, 9.17) is 0 Å². The molecule has 2 N–H and O–H groups in total. The SMILES string of the molecule is Cc1ccc(C)c(S(=O)(=O)Nc2ccc(N3CCN(Cc4ccccc4F)CC3)c(C(=O)O)c2)c1. The standard InChI is InChI=1S/C26H28FN3O4S/c1-18-7-8-19(2)25(15-18)35(33,34)28-21-9-10-24(22(16-21)26(31)32)30-13-11-29(12-14-30)17-20-5-3-4-6-23(20)27/h3-10,15-16,28H,11-14,17H2,1-2H3,(H,31,32). The molecular weight excluding hydrogens is 469 g/mol. The molecule has 0 atom stereocenters. The van der Waals surface area contributed by atoms with E-state index in [0.717, 1.165) is 5.56 Å². The van der Waals surface area contributed by atoms with Crippen molar-refractivity contribution >= 4 is 27.4 Å². The van der Waals surface area contributed by atoms with Crippen LogP contribution in [0.1, 0.15) is 27.0 Å². The number of nitrogens with zero attached hydrogens (tertiary/aromatic N) is 2. The number of carbonyl (C=O) groups is 1. The van der Waals surface area contributed by atoms with Gasteiger partial charge in [0.05, 0.1) is 16.1 Å². The summed E-state index contributed by atoms with van der Waals surface area (Å²) in [7, 11) is -3.88. The number of halogens is 1. The van der Waals surface area contributed by atoms with Crippen molar-refractivity contribution in [2.24, 2.45) is 0 Å². The molecule has 35 heavy (non-hydrogen) atoms. The predicted molar refractivity (Wildman–Crippen MR) is 134 cm³/mol. The highest BCUT2D eigenvalue weighted by Crippen LogP contribution is 2.28. The van der Waals surface area contributed by atoms with Crippen molar-refractivity contribution in [2.45, 2.75) is 25.3 Å². The van der Waals surface area contributed by atoms with Crippen LogP contribution in [0.3, 0.4) is 0 Å². The number of aryl methyl sites for hydroxylation is 2. The van der Waals surface area contributed by atoms with E-state index in [-0.39, 0.29) is 22.0 Å². The number of nitrogens with one attached hydrogen (secondary N) is 1. The van der Waals surface area contributed by atoms with E-state index in [0.29, 0.717) is 49.5 Å². The summed E-state index contributed by atoms with van der Waals surface area (Å²) in [5.41, 5.74) is 2.78. The Kier molecular flexibility index (Phi) is 7.09. The van der Waals surface area contributed by atoms with Gasteiger partial charge in [0.25, 0.3) is 10.0 Å². The predicted octanol–water partition coefficient (Wildman–Crippen LogP) is 4.26. The van der Waals surface area contributed by atoms with Crippen molar-refractivity contribution in [1.29, 1.82) is 0 Å². The van der Waals surface area contributed by atoms with E-state index < -0.39 is 16.0 Å². The number of carboxylic acid groups (broad SMARTS) is 1. The Morgan fingerprint density at radius 2 is 1.71 bits per heavy atom. The van der Waals surface area contributed by atoms with Gasteiger partial charge in [-0.25, -0.2) is 17.6 Å². The van der Waals surface area contributed by atoms with Crippen LogP contribution in [-0.2, 0) is 16.6 Å². The third-order valence-electron chi connectivity index (χ3n) is 6.18. The number of carboxylic acids is 1. The average Bonchev–Trinajstić information content (AvgIpc) is 2.82. The topological polar surface area (TPSA) is 90.0 Å². The van der Waals surface area contributed by atoms with Gasteiger partial charge in [0.15, 0.2) is 0 Å². The first kappa shape index (κ1) is 24.7. The van der Waals surface area contributed by atoms with Crippen LogP contribution in [0.2, 0.25) is 0 Å². The Morgan fingerprint density at radius 3 is 2.40 bits per heavy atom. The summed E-state index contributed by atoms with van der Waals surface area (Å²) in [4.78, 5) is 16.3. The summed E-state index contributed by atoms with van der Waals surface area (Å²) in [5, 5.41) is 9.84. The lowest BCUT2D eigenvalue weighted by Crippen LogP contribution is -2.46. The molecule has 0 saturated carbocycles. The minimum absolute atomic E-state index is 0.0220. The fourth-order valence-corrected chi connectivity index (χ4v) is 5.65. The Bertz CT molecular complexity index is 1350. The fraction of sp³-hybridized carbons (Fsp3) is 0.269. The zero-order chi connectivity index (χ0) is 25.2. The van der Waals surface area contributed by atoms with Crippen LogP contribution in [0, 0.1) is 19.7 Å². The molecule has 0 radical (unpaired) electrons. The smallest absolute Gasteiger partial charge is 0.337 e. The summed E-state index contributed by atoms with van der Waals surface area (Å²) in [6, 6.07) is 16.4.